The monoisotopic (exact) mass is 615 g/mol. The molecule has 3 N–H and O–H groups in total. The first-order chi connectivity index (χ1) is 20.1. The van der Waals surface area contributed by atoms with E-state index in [9.17, 15) is 14.3 Å². The van der Waals surface area contributed by atoms with Crippen molar-refractivity contribution in [2.45, 2.75) is 161 Å². The Morgan fingerprint density at radius 3 is 2.00 bits per heavy atom. The number of unbranched alkanes of at least 4 members (excludes halogenated alkanes) is 13. The standard InChI is InChI=1S/C31H58N3O7P/c1-6-7-8-9-10-11-12-13-14-15-16-17-18-19-22-38-29-28(41-42(36,37)25(4)5)26(23-39-24(2)3)40-30(29)34-21-20-27(32)33-31(34)35/h20-21,24-26,28-30H,6-19,22-23H2,1-5H3,(H,36,37)(H2,32,33,35)/t26-,28+,29?,30-/m1/s1. The minimum atomic E-state index is -3.99. The van der Waals surface area contributed by atoms with Gasteiger partial charge in [-0.2, -0.15) is 4.98 Å². The van der Waals surface area contributed by atoms with Gasteiger partial charge in [-0.1, -0.05) is 104 Å². The van der Waals surface area contributed by atoms with Gasteiger partial charge in [0.05, 0.1) is 18.4 Å². The van der Waals surface area contributed by atoms with Gasteiger partial charge >= 0.3 is 13.3 Å². The maximum Gasteiger partial charge on any atom is 0.351 e. The summed E-state index contributed by atoms with van der Waals surface area (Å²) in [5.74, 6) is 0.0984. The van der Waals surface area contributed by atoms with Crippen molar-refractivity contribution < 1.29 is 28.2 Å². The number of nitrogens with two attached hydrogens (primary N) is 1. The quantitative estimate of drug-likeness (QED) is 0.0986. The fraction of sp³-hybridized carbons (Fsp3) is 0.871. The summed E-state index contributed by atoms with van der Waals surface area (Å²) in [6.07, 6.45) is 15.7. The normalized spacial score (nSPS) is 22.3. The van der Waals surface area contributed by atoms with Gasteiger partial charge in [-0.25, -0.2) is 4.79 Å². The number of rotatable bonds is 23. The fourth-order valence-corrected chi connectivity index (χ4v) is 5.94. The molecule has 2 unspecified atom stereocenters. The summed E-state index contributed by atoms with van der Waals surface area (Å²) >= 11 is 0. The van der Waals surface area contributed by atoms with E-state index in [0.717, 1.165) is 19.3 Å². The maximum absolute atomic E-state index is 13.0. The van der Waals surface area contributed by atoms with Crippen LogP contribution in [-0.4, -0.2) is 57.7 Å². The lowest BCUT2D eigenvalue weighted by molar-refractivity contribution is -0.0847. The maximum atomic E-state index is 13.0. The van der Waals surface area contributed by atoms with Crippen LogP contribution in [-0.2, 0) is 23.3 Å². The largest absolute Gasteiger partial charge is 0.383 e. The third-order valence-electron chi connectivity index (χ3n) is 7.74. The number of aromatic nitrogens is 2. The van der Waals surface area contributed by atoms with Crippen LogP contribution in [0.1, 0.15) is 131 Å². The topological polar surface area (TPSA) is 135 Å². The molecule has 0 amide bonds. The van der Waals surface area contributed by atoms with Gasteiger partial charge in [-0.15, -0.1) is 0 Å². The molecule has 0 spiro atoms. The number of nitrogen functional groups attached to an aromatic ring is 1. The zero-order valence-electron chi connectivity index (χ0n) is 26.7. The van der Waals surface area contributed by atoms with Gasteiger partial charge in [0, 0.05) is 12.8 Å². The Morgan fingerprint density at radius 1 is 0.952 bits per heavy atom. The van der Waals surface area contributed by atoms with Crippen molar-refractivity contribution in [3.05, 3.63) is 22.7 Å². The molecular formula is C31H58N3O7P. The van der Waals surface area contributed by atoms with Crippen LogP contribution in [0, 0.1) is 0 Å². The lowest BCUT2D eigenvalue weighted by atomic mass is 10.0. The van der Waals surface area contributed by atoms with Crippen LogP contribution in [0.5, 0.6) is 0 Å². The Kier molecular flexibility index (Phi) is 17.5. The van der Waals surface area contributed by atoms with E-state index in [1.54, 1.807) is 13.8 Å². The Labute approximate surface area is 253 Å². The van der Waals surface area contributed by atoms with E-state index in [1.165, 1.54) is 87.5 Å². The molecule has 1 aliphatic rings. The minimum Gasteiger partial charge on any atom is -0.383 e. The van der Waals surface area contributed by atoms with Gasteiger partial charge in [0.15, 0.2) is 6.23 Å². The average Bonchev–Trinajstić information content (AvgIpc) is 3.25. The highest BCUT2D eigenvalue weighted by molar-refractivity contribution is 7.53. The zero-order chi connectivity index (χ0) is 31.0. The van der Waals surface area contributed by atoms with Gasteiger partial charge in [-0.05, 0) is 26.3 Å². The molecule has 244 valence electrons. The highest BCUT2D eigenvalue weighted by Gasteiger charge is 2.50. The zero-order valence-corrected chi connectivity index (χ0v) is 27.6. The number of nitrogens with zero attached hydrogens (tertiary/aromatic N) is 2. The lowest BCUT2D eigenvalue weighted by Crippen LogP contribution is -2.40. The van der Waals surface area contributed by atoms with Crippen LogP contribution in [0.4, 0.5) is 5.82 Å². The molecule has 0 bridgehead atoms. The van der Waals surface area contributed by atoms with Gasteiger partial charge in [0.2, 0.25) is 0 Å². The molecule has 0 radical (unpaired) electrons. The molecule has 1 fully saturated rings. The van der Waals surface area contributed by atoms with Gasteiger partial charge in [0.25, 0.3) is 0 Å². The van der Waals surface area contributed by atoms with Gasteiger partial charge in [-0.3, -0.25) is 13.7 Å². The van der Waals surface area contributed by atoms with Crippen LogP contribution in [0.3, 0.4) is 0 Å². The van der Waals surface area contributed by atoms with E-state index in [1.807, 2.05) is 13.8 Å². The summed E-state index contributed by atoms with van der Waals surface area (Å²) in [6.45, 7) is 9.84. The van der Waals surface area contributed by atoms with Crippen molar-refractivity contribution in [2.75, 3.05) is 18.9 Å². The summed E-state index contributed by atoms with van der Waals surface area (Å²) < 4.78 is 38.4. The smallest absolute Gasteiger partial charge is 0.351 e. The summed E-state index contributed by atoms with van der Waals surface area (Å²) in [5.41, 5.74) is 4.49. The van der Waals surface area contributed by atoms with Crippen LogP contribution >= 0.6 is 7.60 Å². The average molecular weight is 616 g/mol. The van der Waals surface area contributed by atoms with E-state index in [-0.39, 0.29) is 18.5 Å². The molecule has 1 saturated heterocycles. The van der Waals surface area contributed by atoms with Crippen molar-refractivity contribution in [3.63, 3.8) is 0 Å². The van der Waals surface area contributed by atoms with Gasteiger partial charge in [0.1, 0.15) is 24.1 Å². The Balaban J connectivity index is 1.91. The number of hydrogen-bond acceptors (Lipinski definition) is 8. The van der Waals surface area contributed by atoms with Gasteiger partial charge < -0.3 is 24.8 Å². The van der Waals surface area contributed by atoms with Crippen molar-refractivity contribution >= 4 is 13.4 Å². The molecule has 1 aromatic rings. The molecule has 5 atom stereocenters. The van der Waals surface area contributed by atoms with Crippen molar-refractivity contribution in [2.24, 2.45) is 0 Å². The Hall–Kier alpha value is -1.29. The highest BCUT2D eigenvalue weighted by atomic mass is 31.2. The molecule has 0 aromatic carbocycles. The molecule has 11 heteroatoms. The Morgan fingerprint density at radius 2 is 1.50 bits per heavy atom. The lowest BCUT2D eigenvalue weighted by Gasteiger charge is -2.28. The summed E-state index contributed by atoms with van der Waals surface area (Å²) in [7, 11) is -3.99. The van der Waals surface area contributed by atoms with E-state index in [0.29, 0.717) is 6.61 Å². The summed E-state index contributed by atoms with van der Waals surface area (Å²) in [4.78, 5) is 27.1. The molecule has 1 aliphatic heterocycles. The predicted molar refractivity (Wildman–Crippen MR) is 168 cm³/mol. The highest BCUT2D eigenvalue weighted by Crippen LogP contribution is 2.51. The number of ether oxygens (including phenoxy) is 3. The van der Waals surface area contributed by atoms with Crippen LogP contribution in [0.25, 0.3) is 0 Å². The van der Waals surface area contributed by atoms with E-state index >= 15 is 0 Å². The second kappa shape index (κ2) is 19.9. The summed E-state index contributed by atoms with van der Waals surface area (Å²) in [5, 5.41) is 0. The molecule has 2 heterocycles. The molecule has 0 saturated carbocycles. The van der Waals surface area contributed by atoms with E-state index in [2.05, 4.69) is 11.9 Å². The van der Waals surface area contributed by atoms with Crippen LogP contribution < -0.4 is 11.4 Å². The van der Waals surface area contributed by atoms with Crippen molar-refractivity contribution in [3.8, 4) is 0 Å². The molecule has 1 aromatic heterocycles. The molecule has 42 heavy (non-hydrogen) atoms. The number of hydrogen-bond donors (Lipinski definition) is 2. The van der Waals surface area contributed by atoms with Crippen LogP contribution in [0.15, 0.2) is 17.1 Å². The Bertz CT molecular complexity index is 974. The van der Waals surface area contributed by atoms with E-state index < -0.39 is 43.5 Å². The minimum absolute atomic E-state index is 0.0878. The first-order valence-corrected chi connectivity index (χ1v) is 18.0. The molecule has 10 nitrogen and oxygen atoms in total. The second-order valence-electron chi connectivity index (χ2n) is 12.1. The van der Waals surface area contributed by atoms with E-state index in [4.69, 9.17) is 24.5 Å². The first kappa shape index (κ1) is 36.9. The SMILES string of the molecule is CCCCCCCCCCCCCCCCOC1[C@@H](OP(=O)(O)C(C)C)[C@@H](COC(C)C)O[C@H]1n1ccc(N)nc1=O. The molecular weight excluding hydrogens is 557 g/mol. The second-order valence-corrected chi connectivity index (χ2v) is 14.5. The van der Waals surface area contributed by atoms with Crippen LogP contribution in [0.2, 0.25) is 0 Å². The first-order valence-electron chi connectivity index (χ1n) is 16.3. The summed E-state index contributed by atoms with van der Waals surface area (Å²) in [6, 6.07) is 1.51. The predicted octanol–water partition coefficient (Wildman–Crippen LogP) is 6.99. The third kappa shape index (κ3) is 13.1. The van der Waals surface area contributed by atoms with Crippen molar-refractivity contribution in [1.29, 1.82) is 0 Å². The van der Waals surface area contributed by atoms with Crippen molar-refractivity contribution in [1.82, 2.24) is 9.55 Å². The number of anilines is 1. The third-order valence-corrected chi connectivity index (χ3v) is 9.59. The molecule has 0 aliphatic carbocycles. The molecule has 2 rings (SSSR count). The fourth-order valence-electron chi connectivity index (χ4n) is 5.09.